The van der Waals surface area contributed by atoms with Gasteiger partial charge in [0.2, 0.25) is 5.91 Å². The second-order valence-electron chi connectivity index (χ2n) is 6.85. The van der Waals surface area contributed by atoms with Crippen LogP contribution in [0.1, 0.15) is 25.5 Å². The molecule has 1 aromatic carbocycles. The maximum Gasteiger partial charge on any atom is 0.319 e. The highest BCUT2D eigenvalue weighted by atomic mass is 19.1. The quantitative estimate of drug-likeness (QED) is 0.803. The third-order valence-corrected chi connectivity index (χ3v) is 4.87. The van der Waals surface area contributed by atoms with Crippen LogP contribution in [0.4, 0.5) is 9.18 Å². The molecular weight excluding hydrogens is 335 g/mol. The zero-order chi connectivity index (χ0) is 19.3. The van der Waals surface area contributed by atoms with Gasteiger partial charge in [-0.05, 0) is 31.5 Å². The lowest BCUT2D eigenvalue weighted by atomic mass is 10.1. The number of carbonyl (C=O) groups is 2. The Balaban J connectivity index is 1.91. The van der Waals surface area contributed by atoms with E-state index in [0.29, 0.717) is 39.3 Å². The summed E-state index contributed by atoms with van der Waals surface area (Å²) >= 11 is 0. The Morgan fingerprint density at radius 3 is 2.19 bits per heavy atom. The topological polar surface area (TPSA) is 47.1 Å². The molecular formula is C19H29FN4O2. The number of urea groups is 1. The second kappa shape index (κ2) is 8.98. The largest absolute Gasteiger partial charge is 0.335 e. The van der Waals surface area contributed by atoms with Crippen molar-refractivity contribution in [1.29, 1.82) is 0 Å². The Bertz CT molecular complexity index is 612. The van der Waals surface area contributed by atoms with Gasteiger partial charge < -0.3 is 14.7 Å². The van der Waals surface area contributed by atoms with Crippen molar-refractivity contribution in [2.24, 2.45) is 0 Å². The first-order valence-corrected chi connectivity index (χ1v) is 9.07. The van der Waals surface area contributed by atoms with Gasteiger partial charge in [0.25, 0.3) is 0 Å². The molecule has 1 saturated heterocycles. The van der Waals surface area contributed by atoms with Crippen molar-refractivity contribution in [3.8, 4) is 0 Å². The van der Waals surface area contributed by atoms with Crippen LogP contribution in [0.2, 0.25) is 0 Å². The fraction of sp³-hybridized carbons (Fsp3) is 0.579. The smallest absolute Gasteiger partial charge is 0.319 e. The number of rotatable bonds is 5. The van der Waals surface area contributed by atoms with Crippen molar-refractivity contribution >= 4 is 11.9 Å². The van der Waals surface area contributed by atoms with Crippen LogP contribution in [-0.4, -0.2) is 84.9 Å². The number of nitrogens with zero attached hydrogens (tertiary/aromatic N) is 4. The molecule has 0 aliphatic carbocycles. The molecule has 1 unspecified atom stereocenters. The summed E-state index contributed by atoms with van der Waals surface area (Å²) < 4.78 is 13.1. The van der Waals surface area contributed by atoms with Gasteiger partial charge in [0.05, 0.1) is 12.6 Å². The minimum Gasteiger partial charge on any atom is -0.335 e. The molecule has 1 heterocycles. The minimum absolute atomic E-state index is 0.0103. The molecule has 1 atom stereocenters. The van der Waals surface area contributed by atoms with Crippen molar-refractivity contribution in [3.05, 3.63) is 35.6 Å². The molecule has 1 fully saturated rings. The van der Waals surface area contributed by atoms with E-state index >= 15 is 0 Å². The van der Waals surface area contributed by atoms with Crippen LogP contribution in [0.5, 0.6) is 0 Å². The molecule has 7 heteroatoms. The molecule has 3 amide bonds. The van der Waals surface area contributed by atoms with Crippen LogP contribution in [0.25, 0.3) is 0 Å². The Morgan fingerprint density at radius 1 is 1.12 bits per heavy atom. The molecule has 6 nitrogen and oxygen atoms in total. The average Bonchev–Trinajstić information content (AvgIpc) is 2.62. The van der Waals surface area contributed by atoms with E-state index in [1.54, 1.807) is 36.0 Å². The van der Waals surface area contributed by atoms with Crippen LogP contribution >= 0.6 is 0 Å². The molecule has 0 radical (unpaired) electrons. The Labute approximate surface area is 155 Å². The normalized spacial score (nSPS) is 16.3. The van der Waals surface area contributed by atoms with Crippen LogP contribution in [-0.2, 0) is 4.79 Å². The van der Waals surface area contributed by atoms with Crippen molar-refractivity contribution in [2.75, 3.05) is 53.4 Å². The summed E-state index contributed by atoms with van der Waals surface area (Å²) in [6, 6.07) is 6.19. The maximum atomic E-state index is 13.1. The average molecular weight is 364 g/mol. The lowest BCUT2D eigenvalue weighted by molar-refractivity contribution is -0.134. The van der Waals surface area contributed by atoms with Gasteiger partial charge in [-0.3, -0.25) is 9.69 Å². The zero-order valence-electron chi connectivity index (χ0n) is 16.1. The number of hydrogen-bond acceptors (Lipinski definition) is 3. The number of halogens is 1. The SMILES string of the molecule is CCN(C(=O)CN1CCN(C(=O)N(C)C)CC1)C(C)c1ccc(F)cc1. The summed E-state index contributed by atoms with van der Waals surface area (Å²) in [7, 11) is 3.49. The third-order valence-electron chi connectivity index (χ3n) is 4.87. The highest BCUT2D eigenvalue weighted by molar-refractivity contribution is 5.79. The van der Waals surface area contributed by atoms with E-state index in [-0.39, 0.29) is 23.8 Å². The van der Waals surface area contributed by atoms with Gasteiger partial charge >= 0.3 is 6.03 Å². The van der Waals surface area contributed by atoms with Gasteiger partial charge in [0.15, 0.2) is 0 Å². The molecule has 1 aromatic rings. The number of likely N-dealkylation sites (N-methyl/N-ethyl adjacent to an activating group) is 1. The monoisotopic (exact) mass is 364 g/mol. The Kier molecular flexibility index (Phi) is 6.97. The number of benzene rings is 1. The lowest BCUT2D eigenvalue weighted by Gasteiger charge is -2.37. The van der Waals surface area contributed by atoms with Gasteiger partial charge in [0, 0.05) is 46.8 Å². The molecule has 0 aromatic heterocycles. The summed E-state index contributed by atoms with van der Waals surface area (Å²) in [5, 5.41) is 0. The Hall–Kier alpha value is -2.15. The molecule has 0 N–H and O–H groups in total. The van der Waals surface area contributed by atoms with Gasteiger partial charge in [0.1, 0.15) is 5.82 Å². The first-order valence-electron chi connectivity index (χ1n) is 9.07. The zero-order valence-corrected chi connectivity index (χ0v) is 16.1. The van der Waals surface area contributed by atoms with E-state index in [4.69, 9.17) is 0 Å². The van der Waals surface area contributed by atoms with Crippen molar-refractivity contribution in [2.45, 2.75) is 19.9 Å². The van der Waals surface area contributed by atoms with Gasteiger partial charge in [-0.15, -0.1) is 0 Å². The lowest BCUT2D eigenvalue weighted by Crippen LogP contribution is -2.53. The van der Waals surface area contributed by atoms with Crippen LogP contribution < -0.4 is 0 Å². The van der Waals surface area contributed by atoms with Crippen LogP contribution in [0.3, 0.4) is 0 Å². The fourth-order valence-corrected chi connectivity index (χ4v) is 3.25. The molecule has 26 heavy (non-hydrogen) atoms. The highest BCUT2D eigenvalue weighted by Gasteiger charge is 2.26. The maximum absolute atomic E-state index is 13.1. The highest BCUT2D eigenvalue weighted by Crippen LogP contribution is 2.21. The molecule has 1 aliphatic heterocycles. The third kappa shape index (κ3) is 4.94. The second-order valence-corrected chi connectivity index (χ2v) is 6.85. The molecule has 0 saturated carbocycles. The first kappa shape index (κ1) is 20.2. The summed E-state index contributed by atoms with van der Waals surface area (Å²) in [5.74, 6) is -0.225. The van der Waals surface area contributed by atoms with E-state index in [1.165, 1.54) is 12.1 Å². The molecule has 144 valence electrons. The predicted octanol–water partition coefficient (Wildman–Crippen LogP) is 2.03. The van der Waals surface area contributed by atoms with Gasteiger partial charge in [-0.1, -0.05) is 12.1 Å². The van der Waals surface area contributed by atoms with E-state index in [1.807, 2.05) is 18.7 Å². The number of piperazine rings is 1. The summed E-state index contributed by atoms with van der Waals surface area (Å²) in [6.07, 6.45) is 0. The summed E-state index contributed by atoms with van der Waals surface area (Å²) in [6.45, 7) is 7.48. The van der Waals surface area contributed by atoms with E-state index in [2.05, 4.69) is 4.90 Å². The Morgan fingerprint density at radius 2 is 1.69 bits per heavy atom. The number of amides is 3. The van der Waals surface area contributed by atoms with Crippen molar-refractivity contribution in [1.82, 2.24) is 19.6 Å². The van der Waals surface area contributed by atoms with Crippen molar-refractivity contribution in [3.63, 3.8) is 0 Å². The van der Waals surface area contributed by atoms with Gasteiger partial charge in [-0.25, -0.2) is 9.18 Å². The summed E-state index contributed by atoms with van der Waals surface area (Å²) in [5.41, 5.74) is 0.919. The predicted molar refractivity (Wildman–Crippen MR) is 99.3 cm³/mol. The van der Waals surface area contributed by atoms with Gasteiger partial charge in [-0.2, -0.15) is 0 Å². The number of carbonyl (C=O) groups excluding carboxylic acids is 2. The summed E-state index contributed by atoms with van der Waals surface area (Å²) in [4.78, 5) is 32.0. The first-order chi connectivity index (χ1) is 12.3. The van der Waals surface area contributed by atoms with Crippen LogP contribution in [0, 0.1) is 5.82 Å². The van der Waals surface area contributed by atoms with E-state index in [0.717, 1.165) is 5.56 Å². The molecule has 0 spiro atoms. The molecule has 2 rings (SSSR count). The van der Waals surface area contributed by atoms with E-state index < -0.39 is 0 Å². The number of hydrogen-bond donors (Lipinski definition) is 0. The standard InChI is InChI=1S/C19H29FN4O2/c1-5-24(15(2)16-6-8-17(20)9-7-16)18(25)14-22-10-12-23(13-11-22)19(26)21(3)4/h6-9,15H,5,10-14H2,1-4H3. The molecule has 1 aliphatic rings. The fourth-order valence-electron chi connectivity index (χ4n) is 3.25. The molecule has 0 bridgehead atoms. The minimum atomic E-state index is -0.277. The van der Waals surface area contributed by atoms with E-state index in [9.17, 15) is 14.0 Å². The van der Waals surface area contributed by atoms with Crippen molar-refractivity contribution < 1.29 is 14.0 Å². The van der Waals surface area contributed by atoms with Crippen LogP contribution in [0.15, 0.2) is 24.3 Å².